The molecule has 1 amide bonds. The number of carbonyl (C=O) groups excluding carboxylic acids is 1. The molecule has 0 spiro atoms. The highest BCUT2D eigenvalue weighted by Crippen LogP contribution is 2.25. The fourth-order valence-electron chi connectivity index (χ4n) is 2.50. The number of aromatic hydroxyl groups is 1. The van der Waals surface area contributed by atoms with E-state index in [0.29, 0.717) is 5.75 Å². The van der Waals surface area contributed by atoms with E-state index in [2.05, 4.69) is 5.32 Å². The van der Waals surface area contributed by atoms with Gasteiger partial charge >= 0.3 is 0 Å². The molecule has 0 saturated heterocycles. The van der Waals surface area contributed by atoms with E-state index in [9.17, 15) is 9.90 Å². The van der Waals surface area contributed by atoms with Gasteiger partial charge < -0.3 is 15.2 Å². The minimum Gasteiger partial charge on any atom is -0.507 e. The normalized spacial score (nSPS) is 22.9. The molecule has 20 heavy (non-hydrogen) atoms. The Morgan fingerprint density at radius 1 is 1.35 bits per heavy atom. The summed E-state index contributed by atoms with van der Waals surface area (Å²) in [5.74, 6) is 0.179. The number of rotatable bonds is 3. The van der Waals surface area contributed by atoms with Gasteiger partial charge in [-0.2, -0.15) is 0 Å². The van der Waals surface area contributed by atoms with Gasteiger partial charge in [0.25, 0.3) is 5.91 Å². The number of hydrogen-bond acceptors (Lipinski definition) is 3. The molecule has 1 aliphatic carbocycles. The minimum atomic E-state index is -0.307. The second kappa shape index (κ2) is 6.84. The van der Waals surface area contributed by atoms with Crippen LogP contribution >= 0.6 is 11.6 Å². The zero-order valence-electron chi connectivity index (χ0n) is 11.6. The summed E-state index contributed by atoms with van der Waals surface area (Å²) >= 11 is 6.32. The number of phenolic OH excluding ortho intramolecular Hbond substituents is 1. The lowest BCUT2D eigenvalue weighted by Gasteiger charge is -2.21. The Labute approximate surface area is 124 Å². The molecular formula is C15H20ClNO3. The average Bonchev–Trinajstić information content (AvgIpc) is 2.64. The van der Waals surface area contributed by atoms with Gasteiger partial charge in [0.2, 0.25) is 0 Å². The Balaban J connectivity index is 2.10. The molecule has 0 aliphatic heterocycles. The van der Waals surface area contributed by atoms with Crippen LogP contribution in [0.15, 0.2) is 18.2 Å². The van der Waals surface area contributed by atoms with E-state index in [1.165, 1.54) is 19.2 Å². The molecule has 4 nitrogen and oxygen atoms in total. The van der Waals surface area contributed by atoms with Crippen molar-refractivity contribution in [3.05, 3.63) is 23.8 Å². The van der Waals surface area contributed by atoms with E-state index in [1.54, 1.807) is 6.07 Å². The van der Waals surface area contributed by atoms with Crippen molar-refractivity contribution >= 4 is 17.5 Å². The first-order valence-electron chi connectivity index (χ1n) is 6.93. The zero-order valence-corrected chi connectivity index (χ0v) is 12.3. The van der Waals surface area contributed by atoms with Crippen LogP contribution in [0.5, 0.6) is 11.5 Å². The third-order valence-electron chi connectivity index (χ3n) is 3.70. The maximum atomic E-state index is 12.3. The molecule has 1 aliphatic rings. The quantitative estimate of drug-likeness (QED) is 0.666. The highest BCUT2D eigenvalue weighted by atomic mass is 35.5. The first-order chi connectivity index (χ1) is 9.61. The molecule has 110 valence electrons. The van der Waals surface area contributed by atoms with Crippen molar-refractivity contribution in [2.45, 2.75) is 43.5 Å². The molecule has 1 fully saturated rings. The molecule has 0 aromatic heterocycles. The van der Waals surface area contributed by atoms with Gasteiger partial charge in [-0.1, -0.05) is 19.3 Å². The zero-order chi connectivity index (χ0) is 14.5. The molecular weight excluding hydrogens is 278 g/mol. The molecule has 2 rings (SSSR count). The van der Waals surface area contributed by atoms with E-state index in [4.69, 9.17) is 16.3 Å². The molecule has 2 atom stereocenters. The highest BCUT2D eigenvalue weighted by Gasteiger charge is 2.24. The van der Waals surface area contributed by atoms with Crippen LogP contribution in [0.25, 0.3) is 0 Å². The number of phenols is 1. The molecule has 1 aromatic carbocycles. The summed E-state index contributed by atoms with van der Waals surface area (Å²) in [7, 11) is 1.52. The first kappa shape index (κ1) is 15.0. The Morgan fingerprint density at radius 2 is 2.10 bits per heavy atom. The summed E-state index contributed by atoms with van der Waals surface area (Å²) in [6.45, 7) is 0. The minimum absolute atomic E-state index is 0.0442. The third kappa shape index (κ3) is 3.57. The SMILES string of the molecule is COc1ccc(O)c(C(=O)NC2CCCCCC2Cl)c1. The van der Waals surface area contributed by atoms with Crippen LogP contribution in [0.2, 0.25) is 0 Å². The number of amides is 1. The summed E-state index contributed by atoms with van der Waals surface area (Å²) in [4.78, 5) is 12.3. The number of methoxy groups -OCH3 is 1. The number of benzene rings is 1. The molecule has 0 bridgehead atoms. The Kier molecular flexibility index (Phi) is 5.12. The Bertz CT molecular complexity index is 478. The maximum Gasteiger partial charge on any atom is 0.255 e. The molecule has 2 N–H and O–H groups in total. The number of carbonyl (C=O) groups is 1. The van der Waals surface area contributed by atoms with E-state index in [1.807, 2.05) is 0 Å². The van der Waals surface area contributed by atoms with Gasteiger partial charge in [-0.05, 0) is 31.0 Å². The third-order valence-corrected chi connectivity index (χ3v) is 4.22. The van der Waals surface area contributed by atoms with Crippen LogP contribution < -0.4 is 10.1 Å². The lowest BCUT2D eigenvalue weighted by atomic mass is 10.1. The van der Waals surface area contributed by atoms with E-state index in [-0.39, 0.29) is 28.6 Å². The largest absolute Gasteiger partial charge is 0.507 e. The summed E-state index contributed by atoms with van der Waals surface area (Å²) in [6, 6.07) is 4.56. The summed E-state index contributed by atoms with van der Waals surface area (Å²) < 4.78 is 5.07. The standard InChI is InChI=1S/C15H20ClNO3/c1-20-10-7-8-14(18)11(9-10)15(19)17-13-6-4-2-3-5-12(13)16/h7-9,12-13,18H,2-6H2,1H3,(H,17,19). The predicted molar refractivity (Wildman–Crippen MR) is 78.6 cm³/mol. The van der Waals surface area contributed by atoms with Crippen LogP contribution in [0.1, 0.15) is 42.5 Å². The average molecular weight is 298 g/mol. The summed E-state index contributed by atoms with van der Waals surface area (Å²) in [5.41, 5.74) is 0.220. The van der Waals surface area contributed by atoms with Crippen LogP contribution in [-0.2, 0) is 0 Å². The topological polar surface area (TPSA) is 58.6 Å². The van der Waals surface area contributed by atoms with E-state index < -0.39 is 0 Å². The second-order valence-electron chi connectivity index (χ2n) is 5.12. The van der Waals surface area contributed by atoms with Crippen LogP contribution in [-0.4, -0.2) is 29.5 Å². The second-order valence-corrected chi connectivity index (χ2v) is 5.68. The maximum absolute atomic E-state index is 12.3. The van der Waals surface area contributed by atoms with Gasteiger partial charge in [-0.3, -0.25) is 4.79 Å². The smallest absolute Gasteiger partial charge is 0.255 e. The fraction of sp³-hybridized carbons (Fsp3) is 0.533. The predicted octanol–water partition coefficient (Wildman–Crippen LogP) is 3.07. The summed E-state index contributed by atoms with van der Waals surface area (Å²) in [5, 5.41) is 12.7. The van der Waals surface area contributed by atoms with Crippen molar-refractivity contribution in [1.29, 1.82) is 0 Å². The molecule has 0 heterocycles. The van der Waals surface area contributed by atoms with Gasteiger partial charge in [-0.25, -0.2) is 0 Å². The highest BCUT2D eigenvalue weighted by molar-refractivity contribution is 6.21. The lowest BCUT2D eigenvalue weighted by Crippen LogP contribution is -2.40. The molecule has 2 unspecified atom stereocenters. The van der Waals surface area contributed by atoms with Gasteiger partial charge in [0.05, 0.1) is 18.1 Å². The monoisotopic (exact) mass is 297 g/mol. The number of nitrogens with one attached hydrogen (secondary N) is 1. The van der Waals surface area contributed by atoms with Crippen molar-refractivity contribution in [2.75, 3.05) is 7.11 Å². The van der Waals surface area contributed by atoms with Crippen LogP contribution in [0.4, 0.5) is 0 Å². The number of alkyl halides is 1. The number of ether oxygens (including phenoxy) is 1. The van der Waals surface area contributed by atoms with Crippen molar-refractivity contribution < 1.29 is 14.6 Å². The van der Waals surface area contributed by atoms with E-state index in [0.717, 1.165) is 32.1 Å². The van der Waals surface area contributed by atoms with Crippen LogP contribution in [0, 0.1) is 0 Å². The Hall–Kier alpha value is -1.42. The molecule has 0 radical (unpaired) electrons. The van der Waals surface area contributed by atoms with Crippen molar-refractivity contribution in [3.63, 3.8) is 0 Å². The van der Waals surface area contributed by atoms with Gasteiger partial charge in [0.1, 0.15) is 11.5 Å². The molecule has 1 aromatic rings. The number of halogens is 1. The van der Waals surface area contributed by atoms with Gasteiger partial charge in [-0.15, -0.1) is 11.6 Å². The first-order valence-corrected chi connectivity index (χ1v) is 7.37. The van der Waals surface area contributed by atoms with Crippen LogP contribution in [0.3, 0.4) is 0 Å². The Morgan fingerprint density at radius 3 is 2.85 bits per heavy atom. The lowest BCUT2D eigenvalue weighted by molar-refractivity contribution is 0.0931. The summed E-state index contributed by atoms with van der Waals surface area (Å²) in [6.07, 6.45) is 5.12. The van der Waals surface area contributed by atoms with Gasteiger partial charge in [0, 0.05) is 6.04 Å². The van der Waals surface area contributed by atoms with Crippen molar-refractivity contribution in [2.24, 2.45) is 0 Å². The van der Waals surface area contributed by atoms with Crippen molar-refractivity contribution in [3.8, 4) is 11.5 Å². The van der Waals surface area contributed by atoms with Gasteiger partial charge in [0.15, 0.2) is 0 Å². The van der Waals surface area contributed by atoms with E-state index >= 15 is 0 Å². The van der Waals surface area contributed by atoms with Crippen molar-refractivity contribution in [1.82, 2.24) is 5.32 Å². The fourth-order valence-corrected chi connectivity index (χ4v) is 2.84. The molecule has 5 heteroatoms. The molecule has 1 saturated carbocycles. The number of hydrogen-bond donors (Lipinski definition) is 2.